The molecule has 0 aliphatic heterocycles. The zero-order valence-corrected chi connectivity index (χ0v) is 24.5. The minimum Gasteiger partial charge on any atom is -0.309 e. The minimum absolute atomic E-state index is 1.14. The van der Waals surface area contributed by atoms with E-state index < -0.39 is 0 Å². The van der Waals surface area contributed by atoms with Crippen LogP contribution in [0.5, 0.6) is 0 Å². The molecule has 10 aromatic carbocycles. The first-order chi connectivity index (χ1) is 22.3. The highest BCUT2D eigenvalue weighted by Crippen LogP contribution is 2.47. The van der Waals surface area contributed by atoms with E-state index in [4.69, 9.17) is 0 Å². The molecule has 0 aliphatic rings. The second kappa shape index (κ2) is 9.29. The molecule has 45 heavy (non-hydrogen) atoms. The molecular formula is C44H27N. The van der Waals surface area contributed by atoms with Gasteiger partial charge in [0.15, 0.2) is 0 Å². The Morgan fingerprint density at radius 3 is 1.16 bits per heavy atom. The summed E-state index contributed by atoms with van der Waals surface area (Å²) in [5.74, 6) is 0. The van der Waals surface area contributed by atoms with Crippen molar-refractivity contribution in [3.8, 4) is 11.1 Å². The first-order valence-corrected chi connectivity index (χ1v) is 15.6. The van der Waals surface area contributed by atoms with E-state index in [1.165, 1.54) is 87.1 Å². The molecule has 0 bridgehead atoms. The molecule has 0 N–H and O–H groups in total. The van der Waals surface area contributed by atoms with E-state index >= 15 is 0 Å². The lowest BCUT2D eigenvalue weighted by Gasteiger charge is -2.29. The normalized spacial score (nSPS) is 12.0. The third-order valence-corrected chi connectivity index (χ3v) is 9.73. The SMILES string of the molecule is c1ccc(-c2ccc(N(c3ccc4ccc5cccc6ccc3c4c56)c3ccc4ccc5cccc6ccc3c4c56)cc2)cc1. The monoisotopic (exact) mass is 569 g/mol. The molecular weight excluding hydrogens is 542 g/mol. The van der Waals surface area contributed by atoms with Crippen molar-refractivity contribution < 1.29 is 0 Å². The van der Waals surface area contributed by atoms with Crippen LogP contribution in [0.1, 0.15) is 0 Å². The van der Waals surface area contributed by atoms with Gasteiger partial charge in [-0.05, 0) is 89.3 Å². The van der Waals surface area contributed by atoms with Crippen molar-refractivity contribution in [3.05, 3.63) is 164 Å². The molecule has 0 heterocycles. The molecule has 0 aromatic heterocycles. The Morgan fingerprint density at radius 2 is 0.667 bits per heavy atom. The van der Waals surface area contributed by atoms with Gasteiger partial charge in [0.25, 0.3) is 0 Å². The van der Waals surface area contributed by atoms with Crippen molar-refractivity contribution in [2.45, 2.75) is 0 Å². The fourth-order valence-electron chi connectivity index (χ4n) is 7.67. The van der Waals surface area contributed by atoms with Gasteiger partial charge in [-0.25, -0.2) is 0 Å². The van der Waals surface area contributed by atoms with E-state index in [1.807, 2.05) is 0 Å². The molecule has 0 aliphatic carbocycles. The molecule has 0 fully saturated rings. The number of benzene rings is 10. The summed E-state index contributed by atoms with van der Waals surface area (Å²) in [4.78, 5) is 2.48. The first kappa shape index (κ1) is 24.5. The molecule has 10 aromatic rings. The van der Waals surface area contributed by atoms with Crippen LogP contribution in [-0.4, -0.2) is 0 Å². The van der Waals surface area contributed by atoms with Crippen LogP contribution in [0.25, 0.3) is 75.8 Å². The predicted octanol–water partition coefficient (Wildman–Crippen LogP) is 12.6. The summed E-state index contributed by atoms with van der Waals surface area (Å²) in [6.07, 6.45) is 0. The lowest BCUT2D eigenvalue weighted by Crippen LogP contribution is -2.11. The molecule has 0 unspecified atom stereocenters. The Labute approximate surface area is 260 Å². The van der Waals surface area contributed by atoms with Crippen LogP contribution in [0.15, 0.2) is 164 Å². The van der Waals surface area contributed by atoms with Gasteiger partial charge in [-0.1, -0.05) is 140 Å². The average Bonchev–Trinajstić information content (AvgIpc) is 3.11. The number of nitrogens with zero attached hydrogens (tertiary/aromatic N) is 1. The fraction of sp³-hybridized carbons (Fsp3) is 0. The van der Waals surface area contributed by atoms with Gasteiger partial charge in [-0.15, -0.1) is 0 Å². The molecule has 0 radical (unpaired) electrons. The van der Waals surface area contributed by atoms with E-state index in [0.29, 0.717) is 0 Å². The second-order valence-electron chi connectivity index (χ2n) is 12.1. The van der Waals surface area contributed by atoms with Gasteiger partial charge in [-0.3, -0.25) is 0 Å². The first-order valence-electron chi connectivity index (χ1n) is 15.6. The molecule has 208 valence electrons. The number of hydrogen-bond donors (Lipinski definition) is 0. The van der Waals surface area contributed by atoms with Gasteiger partial charge in [0, 0.05) is 16.5 Å². The lowest BCUT2D eigenvalue weighted by atomic mass is 9.91. The molecule has 0 saturated heterocycles. The van der Waals surface area contributed by atoms with Gasteiger partial charge in [-0.2, -0.15) is 0 Å². The predicted molar refractivity (Wildman–Crippen MR) is 194 cm³/mol. The third kappa shape index (κ3) is 3.56. The molecule has 10 rings (SSSR count). The quantitative estimate of drug-likeness (QED) is 0.191. The van der Waals surface area contributed by atoms with Crippen LogP contribution in [0.2, 0.25) is 0 Å². The van der Waals surface area contributed by atoms with Crippen molar-refractivity contribution >= 4 is 81.7 Å². The van der Waals surface area contributed by atoms with E-state index in [1.54, 1.807) is 0 Å². The number of rotatable bonds is 4. The fourth-order valence-corrected chi connectivity index (χ4v) is 7.67. The standard InChI is InChI=1S/C44H27N/c1-2-6-28(7-3-1)29-16-22-36(23-17-29)45(39-26-20-34-14-12-30-8-4-10-32-18-24-37(39)43(34)41(30)32)40-27-21-35-15-13-31-9-5-11-33-19-25-38(40)44(35)42(31)33/h1-27H. The summed E-state index contributed by atoms with van der Waals surface area (Å²) in [5.41, 5.74) is 5.94. The molecule has 1 nitrogen and oxygen atoms in total. The lowest BCUT2D eigenvalue weighted by molar-refractivity contribution is 1.32. The highest BCUT2D eigenvalue weighted by molar-refractivity contribution is 6.28. The molecule has 0 atom stereocenters. The number of hydrogen-bond acceptors (Lipinski definition) is 1. The highest BCUT2D eigenvalue weighted by Gasteiger charge is 2.21. The second-order valence-corrected chi connectivity index (χ2v) is 12.1. The van der Waals surface area contributed by atoms with Crippen LogP contribution in [0.4, 0.5) is 17.1 Å². The van der Waals surface area contributed by atoms with Gasteiger partial charge < -0.3 is 4.90 Å². The van der Waals surface area contributed by atoms with Crippen molar-refractivity contribution in [1.29, 1.82) is 0 Å². The van der Waals surface area contributed by atoms with E-state index in [-0.39, 0.29) is 0 Å². The Bertz CT molecular complexity index is 2510. The van der Waals surface area contributed by atoms with Gasteiger partial charge >= 0.3 is 0 Å². The summed E-state index contributed by atoms with van der Waals surface area (Å²) < 4.78 is 0. The molecule has 1 heteroatoms. The smallest absolute Gasteiger partial charge is 0.0540 e. The maximum absolute atomic E-state index is 2.48. The third-order valence-electron chi connectivity index (χ3n) is 9.73. The van der Waals surface area contributed by atoms with E-state index in [9.17, 15) is 0 Å². The van der Waals surface area contributed by atoms with Crippen molar-refractivity contribution in [2.24, 2.45) is 0 Å². The Kier molecular flexibility index (Phi) is 5.06. The summed E-state index contributed by atoms with van der Waals surface area (Å²) in [6, 6.07) is 60.4. The van der Waals surface area contributed by atoms with Gasteiger partial charge in [0.2, 0.25) is 0 Å². The Hall–Kier alpha value is -5.92. The van der Waals surface area contributed by atoms with Crippen molar-refractivity contribution in [2.75, 3.05) is 4.90 Å². The molecule has 0 spiro atoms. The zero-order valence-electron chi connectivity index (χ0n) is 24.5. The van der Waals surface area contributed by atoms with Crippen LogP contribution < -0.4 is 4.90 Å². The molecule has 0 amide bonds. The summed E-state index contributed by atoms with van der Waals surface area (Å²) in [5, 5.41) is 15.5. The van der Waals surface area contributed by atoms with Crippen LogP contribution in [0, 0.1) is 0 Å². The van der Waals surface area contributed by atoms with E-state index in [2.05, 4.69) is 169 Å². The summed E-state index contributed by atoms with van der Waals surface area (Å²) in [7, 11) is 0. The molecule has 0 saturated carbocycles. The van der Waals surface area contributed by atoms with E-state index in [0.717, 1.165) is 5.69 Å². The zero-order chi connectivity index (χ0) is 29.5. The largest absolute Gasteiger partial charge is 0.309 e. The highest BCUT2D eigenvalue weighted by atomic mass is 15.1. The average molecular weight is 570 g/mol. The number of anilines is 3. The maximum atomic E-state index is 2.48. The summed E-state index contributed by atoms with van der Waals surface area (Å²) in [6.45, 7) is 0. The Balaban J connectivity index is 1.29. The van der Waals surface area contributed by atoms with Crippen LogP contribution in [-0.2, 0) is 0 Å². The van der Waals surface area contributed by atoms with Crippen molar-refractivity contribution in [3.63, 3.8) is 0 Å². The van der Waals surface area contributed by atoms with Gasteiger partial charge in [0.05, 0.1) is 11.4 Å². The van der Waals surface area contributed by atoms with Gasteiger partial charge in [0.1, 0.15) is 0 Å². The topological polar surface area (TPSA) is 3.24 Å². The van der Waals surface area contributed by atoms with Crippen LogP contribution in [0.3, 0.4) is 0 Å². The maximum Gasteiger partial charge on any atom is 0.0540 e. The Morgan fingerprint density at radius 1 is 0.267 bits per heavy atom. The minimum atomic E-state index is 1.14. The van der Waals surface area contributed by atoms with Crippen LogP contribution >= 0.6 is 0 Å². The van der Waals surface area contributed by atoms with Crippen molar-refractivity contribution in [1.82, 2.24) is 0 Å². The summed E-state index contributed by atoms with van der Waals surface area (Å²) >= 11 is 0.